The van der Waals surface area contributed by atoms with Crippen LogP contribution in [-0.4, -0.2) is 39.5 Å². The molecule has 3 unspecified atom stereocenters. The molecule has 2 N–H and O–H groups in total. The fourth-order valence-corrected chi connectivity index (χ4v) is 4.09. The van der Waals surface area contributed by atoms with Crippen LogP contribution in [0.3, 0.4) is 0 Å². The Morgan fingerprint density at radius 3 is 2.10 bits per heavy atom. The minimum absolute atomic E-state index is 0.0795. The number of benzene rings is 2. The Bertz CT molecular complexity index is 954. The number of ether oxygens (including phenoxy) is 1. The zero-order chi connectivity index (χ0) is 22.0. The van der Waals surface area contributed by atoms with E-state index in [1.807, 2.05) is 54.6 Å². The number of para-hydroxylation sites is 1. The second-order valence-electron chi connectivity index (χ2n) is 8.37. The topological polar surface area (TPSA) is 104 Å². The highest BCUT2D eigenvalue weighted by Gasteiger charge is 2.54. The highest BCUT2D eigenvalue weighted by Crippen LogP contribution is 2.43. The van der Waals surface area contributed by atoms with E-state index in [2.05, 4.69) is 0 Å². The summed E-state index contributed by atoms with van der Waals surface area (Å²) in [4.78, 5) is 37.7. The first kappa shape index (κ1) is 20.9. The summed E-state index contributed by atoms with van der Waals surface area (Å²) in [5.74, 6) is -3.72. The molecule has 3 atom stereocenters. The molecule has 7 nitrogen and oxygen atoms in total. The van der Waals surface area contributed by atoms with Crippen LogP contribution in [0.2, 0.25) is 0 Å². The molecule has 1 amide bonds. The van der Waals surface area contributed by atoms with Crippen LogP contribution in [0, 0.1) is 23.7 Å². The van der Waals surface area contributed by atoms with E-state index in [0.29, 0.717) is 24.8 Å². The van der Waals surface area contributed by atoms with E-state index >= 15 is 0 Å². The summed E-state index contributed by atoms with van der Waals surface area (Å²) < 4.78 is 5.80. The lowest BCUT2D eigenvalue weighted by Gasteiger charge is -2.41. The van der Waals surface area contributed by atoms with Gasteiger partial charge in [-0.25, -0.2) is 0 Å². The quantitative estimate of drug-likeness (QED) is 0.638. The molecule has 2 aliphatic carbocycles. The van der Waals surface area contributed by atoms with Gasteiger partial charge < -0.3 is 19.8 Å². The predicted molar refractivity (Wildman–Crippen MR) is 111 cm³/mol. The van der Waals surface area contributed by atoms with Gasteiger partial charge in [-0.1, -0.05) is 30.3 Å². The molecule has 2 fully saturated rings. The van der Waals surface area contributed by atoms with Gasteiger partial charge in [0.2, 0.25) is 5.91 Å². The van der Waals surface area contributed by atoms with Crippen molar-refractivity contribution < 1.29 is 29.3 Å². The van der Waals surface area contributed by atoms with Crippen LogP contribution < -0.4 is 4.74 Å². The van der Waals surface area contributed by atoms with Crippen LogP contribution in [0.15, 0.2) is 54.6 Å². The summed E-state index contributed by atoms with van der Waals surface area (Å²) in [5, 5.41) is 18.7. The van der Waals surface area contributed by atoms with Crippen LogP contribution in [0.1, 0.15) is 24.8 Å². The van der Waals surface area contributed by atoms with Crippen LogP contribution in [0.5, 0.6) is 11.5 Å². The maximum Gasteiger partial charge on any atom is 0.308 e. The van der Waals surface area contributed by atoms with E-state index in [0.717, 1.165) is 24.2 Å². The summed E-state index contributed by atoms with van der Waals surface area (Å²) in [6.45, 7) is 0.934. The molecule has 0 saturated heterocycles. The maximum atomic E-state index is 13.1. The molecule has 7 heteroatoms. The first-order chi connectivity index (χ1) is 14.9. The number of hydrogen-bond donors (Lipinski definition) is 2. The number of carbonyl (C=O) groups excluding carboxylic acids is 1. The average Bonchev–Trinajstić information content (AvgIpc) is 3.52. The van der Waals surface area contributed by atoms with Crippen molar-refractivity contribution in [2.45, 2.75) is 25.8 Å². The highest BCUT2D eigenvalue weighted by atomic mass is 16.5. The molecule has 2 aliphatic rings. The number of carbonyl (C=O) groups is 3. The van der Waals surface area contributed by atoms with Crippen LogP contribution in [0.4, 0.5) is 0 Å². The molecule has 0 bridgehead atoms. The smallest absolute Gasteiger partial charge is 0.308 e. The van der Waals surface area contributed by atoms with Crippen molar-refractivity contribution >= 4 is 17.8 Å². The van der Waals surface area contributed by atoms with Crippen LogP contribution in [-0.2, 0) is 20.9 Å². The van der Waals surface area contributed by atoms with Crippen molar-refractivity contribution in [2.75, 3.05) is 6.54 Å². The lowest BCUT2D eigenvalue weighted by Crippen LogP contribution is -2.53. The first-order valence-corrected chi connectivity index (χ1v) is 10.5. The van der Waals surface area contributed by atoms with E-state index in [1.165, 1.54) is 0 Å². The largest absolute Gasteiger partial charge is 0.481 e. The molecule has 0 spiro atoms. The molecule has 2 aromatic carbocycles. The number of carboxylic acid groups (broad SMARTS) is 2. The van der Waals surface area contributed by atoms with Gasteiger partial charge >= 0.3 is 11.9 Å². The Balaban J connectivity index is 1.44. The number of amides is 1. The van der Waals surface area contributed by atoms with Gasteiger partial charge in [-0.15, -0.1) is 0 Å². The van der Waals surface area contributed by atoms with E-state index < -0.39 is 29.7 Å². The van der Waals surface area contributed by atoms with E-state index in [-0.39, 0.29) is 12.3 Å². The fourth-order valence-electron chi connectivity index (χ4n) is 4.09. The Morgan fingerprint density at radius 2 is 1.52 bits per heavy atom. The van der Waals surface area contributed by atoms with E-state index in [4.69, 9.17) is 4.74 Å². The summed E-state index contributed by atoms with van der Waals surface area (Å²) in [5.41, 5.74) is 0.912. The molecule has 0 aromatic heterocycles. The second-order valence-corrected chi connectivity index (χ2v) is 8.37. The summed E-state index contributed by atoms with van der Waals surface area (Å²) in [7, 11) is 0. The van der Waals surface area contributed by atoms with Crippen molar-refractivity contribution in [3.05, 3.63) is 60.2 Å². The lowest BCUT2D eigenvalue weighted by molar-refractivity contribution is -0.172. The molecule has 0 aliphatic heterocycles. The zero-order valence-corrected chi connectivity index (χ0v) is 17.0. The van der Waals surface area contributed by atoms with Crippen molar-refractivity contribution in [1.82, 2.24) is 4.90 Å². The van der Waals surface area contributed by atoms with Gasteiger partial charge in [0, 0.05) is 13.1 Å². The van der Waals surface area contributed by atoms with Crippen molar-refractivity contribution in [3.63, 3.8) is 0 Å². The maximum absolute atomic E-state index is 13.1. The van der Waals surface area contributed by atoms with Gasteiger partial charge in [0.25, 0.3) is 0 Å². The minimum Gasteiger partial charge on any atom is -0.481 e. The Labute approximate surface area is 180 Å². The van der Waals surface area contributed by atoms with Gasteiger partial charge in [-0.2, -0.15) is 0 Å². The first-order valence-electron chi connectivity index (χ1n) is 10.5. The van der Waals surface area contributed by atoms with Gasteiger partial charge in [0.1, 0.15) is 11.5 Å². The lowest BCUT2D eigenvalue weighted by atomic mass is 9.64. The van der Waals surface area contributed by atoms with Crippen molar-refractivity contribution in [3.8, 4) is 11.5 Å². The monoisotopic (exact) mass is 423 g/mol. The molecule has 2 saturated carbocycles. The highest BCUT2D eigenvalue weighted by molar-refractivity contribution is 5.91. The second kappa shape index (κ2) is 8.79. The normalized spacial score (nSPS) is 22.3. The summed E-state index contributed by atoms with van der Waals surface area (Å²) in [6.07, 6.45) is 2.19. The molecular weight excluding hydrogens is 398 g/mol. The SMILES string of the molecule is O=C(O)C1CC(C(=O)N(Cc2ccc(Oc3ccccc3)cc2)CC2CC2)C1C(=O)O. The van der Waals surface area contributed by atoms with Crippen molar-refractivity contribution in [2.24, 2.45) is 23.7 Å². The standard InChI is InChI=1S/C24H25NO6/c26-22(19-12-20(23(27)28)21(19)24(29)30)25(13-15-6-7-15)14-16-8-10-18(11-9-16)31-17-4-2-1-3-5-17/h1-5,8-11,15,19-21H,6-7,12-14H2,(H,27,28)(H,29,30). The zero-order valence-electron chi connectivity index (χ0n) is 17.0. The van der Waals surface area contributed by atoms with Crippen LogP contribution in [0.25, 0.3) is 0 Å². The number of carboxylic acids is 2. The Morgan fingerprint density at radius 1 is 0.871 bits per heavy atom. The fraction of sp³-hybridized carbons (Fsp3) is 0.375. The molecule has 31 heavy (non-hydrogen) atoms. The predicted octanol–water partition coefficient (Wildman–Crippen LogP) is 3.64. The number of rotatable bonds is 9. The van der Waals surface area contributed by atoms with Gasteiger partial charge in [0.05, 0.1) is 17.8 Å². The number of hydrogen-bond acceptors (Lipinski definition) is 4. The Hall–Kier alpha value is -3.35. The van der Waals surface area contributed by atoms with Crippen LogP contribution >= 0.6 is 0 Å². The van der Waals surface area contributed by atoms with E-state index in [1.54, 1.807) is 4.90 Å². The molecule has 4 rings (SSSR count). The molecule has 0 radical (unpaired) electrons. The molecular formula is C24H25NO6. The van der Waals surface area contributed by atoms with Gasteiger partial charge in [0.15, 0.2) is 0 Å². The molecule has 0 heterocycles. The third-order valence-electron chi connectivity index (χ3n) is 6.06. The Kier molecular flexibility index (Phi) is 5.93. The third kappa shape index (κ3) is 4.87. The minimum atomic E-state index is -1.22. The molecule has 162 valence electrons. The summed E-state index contributed by atoms with van der Waals surface area (Å²) >= 11 is 0. The number of aliphatic carboxylic acids is 2. The van der Waals surface area contributed by atoms with E-state index in [9.17, 15) is 24.6 Å². The van der Waals surface area contributed by atoms with Crippen molar-refractivity contribution in [1.29, 1.82) is 0 Å². The number of nitrogens with zero attached hydrogens (tertiary/aromatic N) is 1. The summed E-state index contributed by atoms with van der Waals surface area (Å²) in [6, 6.07) is 16.9. The van der Waals surface area contributed by atoms with Gasteiger partial charge in [-0.05, 0) is 55.0 Å². The molecule has 2 aromatic rings. The third-order valence-corrected chi connectivity index (χ3v) is 6.06. The average molecular weight is 423 g/mol. The van der Waals surface area contributed by atoms with Gasteiger partial charge in [-0.3, -0.25) is 14.4 Å².